The number of likely N-dealkylation sites (tertiary alicyclic amines) is 1. The topological polar surface area (TPSA) is 45.2 Å². The van der Waals surface area contributed by atoms with E-state index in [-0.39, 0.29) is 5.91 Å². The minimum atomic E-state index is 0.0669. The molecule has 1 aromatic carbocycles. The smallest absolute Gasteiger partial charge is 0.216 e. The molecule has 1 aliphatic rings. The largest absolute Gasteiger partial charge is 0.356 e. The third-order valence-electron chi connectivity index (χ3n) is 4.56. The number of nitrogens with zero attached hydrogens (tertiary/aromatic N) is 2. The van der Waals surface area contributed by atoms with E-state index >= 15 is 0 Å². The highest BCUT2D eigenvalue weighted by Gasteiger charge is 2.20. The van der Waals surface area contributed by atoms with Crippen molar-refractivity contribution < 1.29 is 4.79 Å². The highest BCUT2D eigenvalue weighted by molar-refractivity contribution is 5.72. The molecule has 1 saturated heterocycles. The summed E-state index contributed by atoms with van der Waals surface area (Å²) >= 11 is 0. The zero-order chi connectivity index (χ0) is 16.8. The Balaban J connectivity index is 1.56. The van der Waals surface area contributed by atoms with E-state index in [1.807, 2.05) is 24.4 Å². The maximum absolute atomic E-state index is 11.1. The fourth-order valence-electron chi connectivity index (χ4n) is 3.32. The van der Waals surface area contributed by atoms with Crippen molar-refractivity contribution in [3.63, 3.8) is 0 Å². The van der Waals surface area contributed by atoms with Gasteiger partial charge in [-0.1, -0.05) is 30.3 Å². The van der Waals surface area contributed by atoms with Crippen LogP contribution in [0.3, 0.4) is 0 Å². The second kappa shape index (κ2) is 8.06. The molecule has 1 fully saturated rings. The molecule has 4 nitrogen and oxygen atoms in total. The number of carbonyl (C=O) groups is 1. The molecule has 0 aliphatic carbocycles. The molecule has 4 heteroatoms. The zero-order valence-corrected chi connectivity index (χ0v) is 14.2. The first-order valence-electron chi connectivity index (χ1n) is 8.68. The number of hydrogen-bond acceptors (Lipinski definition) is 3. The van der Waals surface area contributed by atoms with Crippen molar-refractivity contribution in [3.8, 4) is 11.3 Å². The highest BCUT2D eigenvalue weighted by Crippen LogP contribution is 2.20. The summed E-state index contributed by atoms with van der Waals surface area (Å²) in [5.41, 5.74) is 3.49. The molecule has 1 N–H and O–H groups in total. The molecule has 126 valence electrons. The van der Waals surface area contributed by atoms with Crippen LogP contribution in [0.1, 0.15) is 25.3 Å². The molecule has 1 aliphatic heterocycles. The Morgan fingerprint density at radius 1 is 1.25 bits per heavy atom. The van der Waals surface area contributed by atoms with Gasteiger partial charge in [-0.05, 0) is 43.0 Å². The van der Waals surface area contributed by atoms with Crippen molar-refractivity contribution in [2.45, 2.75) is 26.3 Å². The first kappa shape index (κ1) is 16.7. The number of nitrogens with one attached hydrogen (secondary N) is 1. The third kappa shape index (κ3) is 4.65. The molecule has 3 rings (SSSR count). The molecule has 1 atom stereocenters. The number of aromatic nitrogens is 1. The molecular formula is C20H25N3O. The molecule has 0 unspecified atom stereocenters. The minimum absolute atomic E-state index is 0.0669. The monoisotopic (exact) mass is 323 g/mol. The number of rotatable bonds is 5. The van der Waals surface area contributed by atoms with Crippen LogP contribution in [0.2, 0.25) is 0 Å². The third-order valence-corrected chi connectivity index (χ3v) is 4.56. The van der Waals surface area contributed by atoms with Crippen LogP contribution < -0.4 is 5.32 Å². The molecule has 2 heterocycles. The van der Waals surface area contributed by atoms with E-state index in [0.29, 0.717) is 5.92 Å². The van der Waals surface area contributed by atoms with E-state index in [1.165, 1.54) is 18.4 Å². The number of piperidine rings is 1. The van der Waals surface area contributed by atoms with Crippen LogP contribution in [-0.2, 0) is 11.3 Å². The Kier molecular flexibility index (Phi) is 5.59. The van der Waals surface area contributed by atoms with E-state index in [0.717, 1.165) is 37.4 Å². The van der Waals surface area contributed by atoms with Crippen LogP contribution in [0.15, 0.2) is 48.7 Å². The summed E-state index contributed by atoms with van der Waals surface area (Å²) in [6.45, 7) is 5.55. The minimum Gasteiger partial charge on any atom is -0.356 e. The molecule has 1 aromatic heterocycles. The summed E-state index contributed by atoms with van der Waals surface area (Å²) < 4.78 is 0. The predicted molar refractivity (Wildman–Crippen MR) is 96.4 cm³/mol. The SMILES string of the molecule is CC(=O)NC[C@H]1CCCN(Cc2ccc(-c3ccccn3)cc2)C1. The van der Waals surface area contributed by atoms with Crippen LogP contribution in [0.4, 0.5) is 0 Å². The summed E-state index contributed by atoms with van der Waals surface area (Å²) in [5.74, 6) is 0.632. The van der Waals surface area contributed by atoms with E-state index < -0.39 is 0 Å². The van der Waals surface area contributed by atoms with Crippen molar-refractivity contribution in [2.24, 2.45) is 5.92 Å². The molecule has 0 bridgehead atoms. The second-order valence-electron chi connectivity index (χ2n) is 6.59. The van der Waals surface area contributed by atoms with Gasteiger partial charge in [-0.15, -0.1) is 0 Å². The maximum atomic E-state index is 11.1. The first-order chi connectivity index (χ1) is 11.7. The Bertz CT molecular complexity index is 654. The number of pyridine rings is 1. The lowest BCUT2D eigenvalue weighted by atomic mass is 9.97. The van der Waals surface area contributed by atoms with Gasteiger partial charge in [-0.25, -0.2) is 0 Å². The van der Waals surface area contributed by atoms with Crippen molar-refractivity contribution in [3.05, 3.63) is 54.2 Å². The van der Waals surface area contributed by atoms with Crippen LogP contribution >= 0.6 is 0 Å². The van der Waals surface area contributed by atoms with Crippen LogP contribution in [0.25, 0.3) is 11.3 Å². The Labute approximate surface area is 143 Å². The van der Waals surface area contributed by atoms with Gasteiger partial charge in [-0.2, -0.15) is 0 Å². The Hall–Kier alpha value is -2.20. The van der Waals surface area contributed by atoms with Gasteiger partial charge in [-0.3, -0.25) is 14.7 Å². The number of amides is 1. The van der Waals surface area contributed by atoms with E-state index in [2.05, 4.69) is 39.5 Å². The number of carbonyl (C=O) groups excluding carboxylic acids is 1. The van der Waals surface area contributed by atoms with Gasteiger partial charge >= 0.3 is 0 Å². The van der Waals surface area contributed by atoms with Gasteiger partial charge in [0.05, 0.1) is 5.69 Å². The fourth-order valence-corrected chi connectivity index (χ4v) is 3.32. The number of benzene rings is 1. The molecule has 0 radical (unpaired) electrons. The van der Waals surface area contributed by atoms with Gasteiger partial charge in [0, 0.05) is 38.3 Å². The van der Waals surface area contributed by atoms with Gasteiger partial charge in [0.25, 0.3) is 0 Å². The van der Waals surface area contributed by atoms with Gasteiger partial charge in [0.15, 0.2) is 0 Å². The fraction of sp³-hybridized carbons (Fsp3) is 0.400. The number of hydrogen-bond donors (Lipinski definition) is 1. The summed E-state index contributed by atoms with van der Waals surface area (Å²) in [5, 5.41) is 2.95. The lowest BCUT2D eigenvalue weighted by molar-refractivity contribution is -0.119. The van der Waals surface area contributed by atoms with Crippen molar-refractivity contribution in [1.29, 1.82) is 0 Å². The zero-order valence-electron chi connectivity index (χ0n) is 14.2. The molecule has 0 saturated carbocycles. The van der Waals surface area contributed by atoms with Crippen molar-refractivity contribution in [2.75, 3.05) is 19.6 Å². The summed E-state index contributed by atoms with van der Waals surface area (Å²) in [4.78, 5) is 18.0. The standard InChI is InChI=1S/C20H25N3O/c1-16(24)22-13-18-5-4-12-23(15-18)14-17-7-9-19(10-8-17)20-6-2-3-11-21-20/h2-3,6-11,18H,4-5,12-15H2,1H3,(H,22,24)/t18-/m1/s1. The lowest BCUT2D eigenvalue weighted by Gasteiger charge is -2.32. The van der Waals surface area contributed by atoms with Crippen molar-refractivity contribution >= 4 is 5.91 Å². The van der Waals surface area contributed by atoms with Crippen LogP contribution in [0.5, 0.6) is 0 Å². The average Bonchev–Trinajstić information content (AvgIpc) is 2.62. The Morgan fingerprint density at radius 2 is 2.08 bits per heavy atom. The summed E-state index contributed by atoms with van der Waals surface area (Å²) in [6.07, 6.45) is 4.23. The summed E-state index contributed by atoms with van der Waals surface area (Å²) in [7, 11) is 0. The second-order valence-corrected chi connectivity index (χ2v) is 6.59. The molecule has 2 aromatic rings. The predicted octanol–water partition coefficient (Wildman–Crippen LogP) is 3.10. The quantitative estimate of drug-likeness (QED) is 0.919. The van der Waals surface area contributed by atoms with E-state index in [9.17, 15) is 4.79 Å². The van der Waals surface area contributed by atoms with Gasteiger partial charge < -0.3 is 5.32 Å². The van der Waals surface area contributed by atoms with Gasteiger partial charge in [0.2, 0.25) is 5.91 Å². The van der Waals surface area contributed by atoms with Crippen LogP contribution in [-0.4, -0.2) is 35.4 Å². The molecule has 0 spiro atoms. The first-order valence-corrected chi connectivity index (χ1v) is 8.68. The average molecular weight is 323 g/mol. The summed E-state index contributed by atoms with van der Waals surface area (Å²) in [6, 6.07) is 14.7. The molecule has 1 amide bonds. The molecular weight excluding hydrogens is 298 g/mol. The lowest BCUT2D eigenvalue weighted by Crippen LogP contribution is -2.40. The highest BCUT2D eigenvalue weighted by atomic mass is 16.1. The van der Waals surface area contributed by atoms with Gasteiger partial charge in [0.1, 0.15) is 0 Å². The molecule has 24 heavy (non-hydrogen) atoms. The van der Waals surface area contributed by atoms with E-state index in [4.69, 9.17) is 0 Å². The normalized spacial score (nSPS) is 18.3. The van der Waals surface area contributed by atoms with Crippen molar-refractivity contribution in [1.82, 2.24) is 15.2 Å². The maximum Gasteiger partial charge on any atom is 0.216 e. The van der Waals surface area contributed by atoms with E-state index in [1.54, 1.807) is 6.92 Å². The Morgan fingerprint density at radius 3 is 2.79 bits per heavy atom. The van der Waals surface area contributed by atoms with Crippen LogP contribution in [0, 0.1) is 5.92 Å².